The SMILES string of the molecule is CCn1nccc1CNC(=O)I. The van der Waals surface area contributed by atoms with Crippen LogP contribution in [0, 0.1) is 0 Å². The lowest BCUT2D eigenvalue weighted by Crippen LogP contribution is -2.17. The molecule has 0 radical (unpaired) electrons. The highest BCUT2D eigenvalue weighted by Crippen LogP contribution is 1.98. The summed E-state index contributed by atoms with van der Waals surface area (Å²) in [6.45, 7) is 3.40. The zero-order valence-corrected chi connectivity index (χ0v) is 8.91. The van der Waals surface area contributed by atoms with Crippen LogP contribution in [0.25, 0.3) is 0 Å². The average Bonchev–Trinajstić information content (AvgIpc) is 2.47. The summed E-state index contributed by atoms with van der Waals surface area (Å²) in [7, 11) is 0. The van der Waals surface area contributed by atoms with Crippen molar-refractivity contribution in [3.63, 3.8) is 0 Å². The number of carbonyl (C=O) groups is 1. The fourth-order valence-electron chi connectivity index (χ4n) is 0.955. The topological polar surface area (TPSA) is 46.9 Å². The van der Waals surface area contributed by atoms with Crippen LogP contribution in [-0.4, -0.2) is 13.7 Å². The largest absolute Gasteiger partial charge is 0.342 e. The highest BCUT2D eigenvalue weighted by molar-refractivity contribution is 14.1. The molecule has 0 aliphatic heterocycles. The summed E-state index contributed by atoms with van der Waals surface area (Å²) < 4.78 is 1.81. The number of amides is 1. The zero-order chi connectivity index (χ0) is 8.97. The number of nitrogens with one attached hydrogen (secondary N) is 1. The minimum absolute atomic E-state index is 0.0450. The third kappa shape index (κ3) is 2.47. The lowest BCUT2D eigenvalue weighted by molar-refractivity contribution is 0.262. The van der Waals surface area contributed by atoms with Crippen molar-refractivity contribution in [3.05, 3.63) is 18.0 Å². The summed E-state index contributed by atoms with van der Waals surface area (Å²) in [5.74, 6) is 0. The Balaban J connectivity index is 2.56. The van der Waals surface area contributed by atoms with Crippen molar-refractivity contribution < 1.29 is 4.79 Å². The highest BCUT2D eigenvalue weighted by Gasteiger charge is 2.00. The summed E-state index contributed by atoms with van der Waals surface area (Å²) >= 11 is 1.71. The first kappa shape index (κ1) is 9.50. The van der Waals surface area contributed by atoms with Crippen LogP contribution < -0.4 is 5.32 Å². The number of aromatic nitrogens is 2. The normalized spacial score (nSPS) is 9.83. The number of aryl methyl sites for hydroxylation is 1. The molecule has 0 aliphatic rings. The van der Waals surface area contributed by atoms with Crippen LogP contribution in [0.1, 0.15) is 12.6 Å². The third-order valence-corrected chi connectivity index (χ3v) is 1.89. The van der Waals surface area contributed by atoms with Gasteiger partial charge < -0.3 is 5.32 Å². The second kappa shape index (κ2) is 4.44. The molecule has 0 spiro atoms. The molecule has 4 nitrogen and oxygen atoms in total. The van der Waals surface area contributed by atoms with E-state index in [-0.39, 0.29) is 3.91 Å². The molecule has 12 heavy (non-hydrogen) atoms. The van der Waals surface area contributed by atoms with Crippen LogP contribution in [0.5, 0.6) is 0 Å². The van der Waals surface area contributed by atoms with Crippen LogP contribution in [0.15, 0.2) is 12.3 Å². The summed E-state index contributed by atoms with van der Waals surface area (Å²) in [5.41, 5.74) is 1.03. The van der Waals surface area contributed by atoms with Gasteiger partial charge in [0.15, 0.2) is 0 Å². The van der Waals surface area contributed by atoms with Gasteiger partial charge in [0.25, 0.3) is 3.91 Å². The summed E-state index contributed by atoms with van der Waals surface area (Å²) in [4.78, 5) is 10.6. The maximum atomic E-state index is 10.6. The fourth-order valence-corrected chi connectivity index (χ4v) is 1.15. The van der Waals surface area contributed by atoms with E-state index in [1.807, 2.05) is 17.7 Å². The molecular formula is C7H10IN3O. The molecule has 1 aromatic rings. The van der Waals surface area contributed by atoms with Crippen LogP contribution >= 0.6 is 22.6 Å². The summed E-state index contributed by atoms with van der Waals surface area (Å²) in [6.07, 6.45) is 1.73. The van der Waals surface area contributed by atoms with E-state index in [0.717, 1.165) is 12.2 Å². The minimum Gasteiger partial charge on any atom is -0.342 e. The van der Waals surface area contributed by atoms with Crippen LogP contribution in [-0.2, 0) is 13.1 Å². The molecule has 0 fully saturated rings. The van der Waals surface area contributed by atoms with Gasteiger partial charge in [0.1, 0.15) is 0 Å². The van der Waals surface area contributed by atoms with Crippen molar-refractivity contribution >= 4 is 26.5 Å². The van der Waals surface area contributed by atoms with Crippen molar-refractivity contribution in [3.8, 4) is 0 Å². The van der Waals surface area contributed by atoms with E-state index in [4.69, 9.17) is 0 Å². The van der Waals surface area contributed by atoms with Crippen molar-refractivity contribution in [2.75, 3.05) is 0 Å². The Labute approximate surface area is 84.5 Å². The molecule has 1 heterocycles. The second-order valence-corrected chi connectivity index (χ2v) is 3.25. The van der Waals surface area contributed by atoms with Gasteiger partial charge in [0, 0.05) is 35.3 Å². The quantitative estimate of drug-likeness (QED) is 0.518. The molecule has 1 N–H and O–H groups in total. The van der Waals surface area contributed by atoms with Gasteiger partial charge in [-0.15, -0.1) is 0 Å². The monoisotopic (exact) mass is 279 g/mol. The van der Waals surface area contributed by atoms with Crippen molar-refractivity contribution in [2.45, 2.75) is 20.0 Å². The molecule has 1 rings (SSSR count). The molecule has 0 aromatic carbocycles. The molecule has 0 saturated carbocycles. The Morgan fingerprint density at radius 3 is 3.17 bits per heavy atom. The van der Waals surface area contributed by atoms with Gasteiger partial charge >= 0.3 is 0 Å². The Bertz CT molecular complexity index is 271. The lowest BCUT2D eigenvalue weighted by Gasteiger charge is -2.03. The predicted molar refractivity (Wildman–Crippen MR) is 54.2 cm³/mol. The summed E-state index contributed by atoms with van der Waals surface area (Å²) in [6, 6.07) is 1.90. The Hall–Kier alpha value is -0.590. The predicted octanol–water partition coefficient (Wildman–Crippen LogP) is 1.55. The first-order valence-electron chi connectivity index (χ1n) is 3.68. The first-order valence-corrected chi connectivity index (χ1v) is 4.76. The zero-order valence-electron chi connectivity index (χ0n) is 6.75. The molecule has 0 saturated heterocycles. The molecule has 0 aliphatic carbocycles. The number of nitrogens with zero attached hydrogens (tertiary/aromatic N) is 2. The Morgan fingerprint density at radius 1 is 1.83 bits per heavy atom. The van der Waals surface area contributed by atoms with E-state index < -0.39 is 0 Å². The molecule has 1 amide bonds. The van der Waals surface area contributed by atoms with Gasteiger partial charge in [-0.3, -0.25) is 9.48 Å². The first-order chi connectivity index (χ1) is 5.74. The van der Waals surface area contributed by atoms with E-state index in [2.05, 4.69) is 10.4 Å². The maximum Gasteiger partial charge on any atom is 0.280 e. The van der Waals surface area contributed by atoms with Crippen molar-refractivity contribution in [1.29, 1.82) is 0 Å². The van der Waals surface area contributed by atoms with E-state index in [1.54, 1.807) is 28.8 Å². The number of hydrogen-bond donors (Lipinski definition) is 1. The Kier molecular flexibility index (Phi) is 3.51. The number of hydrogen-bond acceptors (Lipinski definition) is 2. The van der Waals surface area contributed by atoms with Gasteiger partial charge in [0.2, 0.25) is 0 Å². The standard InChI is InChI=1S/C7H10IN3O/c1-2-11-6(3-4-10-11)5-9-7(8)12/h3-4H,2,5H2,1H3,(H,9,12). The van der Waals surface area contributed by atoms with E-state index in [1.165, 1.54) is 0 Å². The molecule has 5 heteroatoms. The highest BCUT2D eigenvalue weighted by atomic mass is 127. The van der Waals surface area contributed by atoms with Gasteiger partial charge in [-0.05, 0) is 13.0 Å². The number of rotatable bonds is 3. The van der Waals surface area contributed by atoms with Crippen molar-refractivity contribution in [1.82, 2.24) is 15.1 Å². The fraction of sp³-hybridized carbons (Fsp3) is 0.429. The third-order valence-electron chi connectivity index (χ3n) is 1.51. The number of carbonyl (C=O) groups excluding carboxylic acids is 1. The maximum absolute atomic E-state index is 10.6. The van der Waals surface area contributed by atoms with Crippen LogP contribution in [0.4, 0.5) is 4.79 Å². The molecule has 0 atom stereocenters. The number of halogens is 1. The lowest BCUT2D eigenvalue weighted by atomic mass is 10.4. The minimum atomic E-state index is -0.0450. The van der Waals surface area contributed by atoms with E-state index in [0.29, 0.717) is 6.54 Å². The molecule has 0 unspecified atom stereocenters. The molecule has 1 aromatic heterocycles. The second-order valence-electron chi connectivity index (χ2n) is 2.27. The Morgan fingerprint density at radius 2 is 2.58 bits per heavy atom. The van der Waals surface area contributed by atoms with Crippen molar-refractivity contribution in [2.24, 2.45) is 0 Å². The van der Waals surface area contributed by atoms with Gasteiger partial charge in [-0.25, -0.2) is 0 Å². The van der Waals surface area contributed by atoms with E-state index >= 15 is 0 Å². The van der Waals surface area contributed by atoms with Gasteiger partial charge in [-0.2, -0.15) is 5.10 Å². The van der Waals surface area contributed by atoms with Crippen LogP contribution in [0.3, 0.4) is 0 Å². The molecule has 66 valence electrons. The molecular weight excluding hydrogens is 269 g/mol. The average molecular weight is 279 g/mol. The van der Waals surface area contributed by atoms with Crippen LogP contribution in [0.2, 0.25) is 0 Å². The smallest absolute Gasteiger partial charge is 0.280 e. The molecule has 0 bridgehead atoms. The summed E-state index contributed by atoms with van der Waals surface area (Å²) in [5, 5.41) is 6.79. The van der Waals surface area contributed by atoms with Gasteiger partial charge in [-0.1, -0.05) is 0 Å². The van der Waals surface area contributed by atoms with Gasteiger partial charge in [0.05, 0.1) is 12.2 Å². The van der Waals surface area contributed by atoms with E-state index in [9.17, 15) is 4.79 Å².